The van der Waals surface area contributed by atoms with Crippen molar-refractivity contribution in [3.8, 4) is 0 Å². The fraction of sp³-hybridized carbons (Fsp3) is 0.684. The van der Waals surface area contributed by atoms with Gasteiger partial charge in [-0.3, -0.25) is 0 Å². The van der Waals surface area contributed by atoms with E-state index in [0.717, 1.165) is 12.0 Å². The summed E-state index contributed by atoms with van der Waals surface area (Å²) in [6.07, 6.45) is 7.02. The van der Waals surface area contributed by atoms with Crippen LogP contribution in [0.4, 0.5) is 0 Å². The third-order valence-electron chi connectivity index (χ3n) is 4.95. The molecule has 1 atom stereocenters. The molecule has 0 heterocycles. The minimum atomic E-state index is 0.490. The first-order valence-corrected chi connectivity index (χ1v) is 8.65. The molecule has 1 unspecified atom stereocenters. The van der Waals surface area contributed by atoms with Gasteiger partial charge in [-0.05, 0) is 64.5 Å². The van der Waals surface area contributed by atoms with E-state index in [1.807, 2.05) is 0 Å². The molecule has 2 saturated carbocycles. The number of nitrogens with zero attached hydrogens (tertiary/aromatic N) is 1. The zero-order valence-electron chi connectivity index (χ0n) is 13.9. The molecule has 0 bridgehead atoms. The van der Waals surface area contributed by atoms with Gasteiger partial charge in [-0.1, -0.05) is 29.3 Å². The molecule has 2 heteroatoms. The van der Waals surface area contributed by atoms with Crippen LogP contribution in [0, 0.1) is 19.8 Å². The van der Waals surface area contributed by atoms with Crippen LogP contribution in [-0.4, -0.2) is 31.1 Å². The van der Waals surface area contributed by atoms with Crippen LogP contribution in [0.3, 0.4) is 0 Å². The maximum atomic E-state index is 3.53. The molecule has 0 aliphatic heterocycles. The van der Waals surface area contributed by atoms with E-state index < -0.39 is 0 Å². The van der Waals surface area contributed by atoms with Gasteiger partial charge in [0, 0.05) is 25.2 Å². The maximum absolute atomic E-state index is 3.53. The molecule has 1 aromatic carbocycles. The number of benzene rings is 1. The van der Waals surface area contributed by atoms with Crippen molar-refractivity contribution in [2.45, 2.75) is 58.0 Å². The highest BCUT2D eigenvalue weighted by molar-refractivity contribution is 5.30. The molecule has 2 aliphatic carbocycles. The molecule has 0 saturated heterocycles. The molecule has 0 amide bonds. The number of hydrogen-bond donors (Lipinski definition) is 1. The monoisotopic (exact) mass is 286 g/mol. The van der Waals surface area contributed by atoms with E-state index in [9.17, 15) is 0 Å². The summed E-state index contributed by atoms with van der Waals surface area (Å²) in [5, 5.41) is 3.53. The highest BCUT2D eigenvalue weighted by atomic mass is 15.2. The van der Waals surface area contributed by atoms with Crippen LogP contribution < -0.4 is 5.32 Å². The summed E-state index contributed by atoms with van der Waals surface area (Å²) in [5.41, 5.74) is 4.21. The minimum absolute atomic E-state index is 0.490. The number of aryl methyl sites for hydroxylation is 2. The van der Waals surface area contributed by atoms with Crippen molar-refractivity contribution in [1.82, 2.24) is 10.2 Å². The first kappa shape index (κ1) is 15.1. The third-order valence-corrected chi connectivity index (χ3v) is 4.95. The van der Waals surface area contributed by atoms with Crippen LogP contribution in [0.2, 0.25) is 0 Å². The lowest BCUT2D eigenvalue weighted by atomic mass is 9.99. The Kier molecular flexibility index (Phi) is 4.66. The second-order valence-corrected chi connectivity index (χ2v) is 7.22. The molecule has 21 heavy (non-hydrogen) atoms. The Balaban J connectivity index is 1.60. The lowest BCUT2D eigenvalue weighted by Crippen LogP contribution is -2.32. The third kappa shape index (κ3) is 4.31. The summed E-state index contributed by atoms with van der Waals surface area (Å²) in [6.45, 7) is 7.01. The van der Waals surface area contributed by atoms with Crippen molar-refractivity contribution in [1.29, 1.82) is 0 Å². The van der Waals surface area contributed by atoms with Crippen LogP contribution in [0.25, 0.3) is 0 Å². The summed E-state index contributed by atoms with van der Waals surface area (Å²) >= 11 is 0. The average molecular weight is 286 g/mol. The van der Waals surface area contributed by atoms with Gasteiger partial charge in [0.25, 0.3) is 0 Å². The SMILES string of the molecule is CNC(CCN(CC1CC1)C1CC1)c1cc(C)cc(C)c1. The van der Waals surface area contributed by atoms with Crippen molar-refractivity contribution >= 4 is 0 Å². The second-order valence-electron chi connectivity index (χ2n) is 7.22. The topological polar surface area (TPSA) is 15.3 Å². The smallest absolute Gasteiger partial charge is 0.0329 e. The fourth-order valence-electron chi connectivity index (χ4n) is 3.48. The Morgan fingerprint density at radius 3 is 2.29 bits per heavy atom. The summed E-state index contributed by atoms with van der Waals surface area (Å²) in [4.78, 5) is 2.77. The molecule has 3 rings (SSSR count). The number of nitrogens with one attached hydrogen (secondary N) is 1. The average Bonchev–Trinajstić information content (AvgIpc) is 3.30. The van der Waals surface area contributed by atoms with Crippen LogP contribution >= 0.6 is 0 Å². The van der Waals surface area contributed by atoms with Gasteiger partial charge in [0.1, 0.15) is 0 Å². The molecule has 0 spiro atoms. The Bertz CT molecular complexity index is 454. The Hall–Kier alpha value is -0.860. The highest BCUT2D eigenvalue weighted by Crippen LogP contribution is 2.35. The maximum Gasteiger partial charge on any atom is 0.0329 e. The van der Waals surface area contributed by atoms with Gasteiger partial charge < -0.3 is 10.2 Å². The van der Waals surface area contributed by atoms with Gasteiger partial charge in [0.15, 0.2) is 0 Å². The van der Waals surface area contributed by atoms with E-state index in [2.05, 4.69) is 49.3 Å². The van der Waals surface area contributed by atoms with E-state index in [1.54, 1.807) is 0 Å². The van der Waals surface area contributed by atoms with Crippen molar-refractivity contribution in [3.63, 3.8) is 0 Å². The molecule has 0 radical (unpaired) electrons. The van der Waals surface area contributed by atoms with E-state index in [-0.39, 0.29) is 0 Å². The van der Waals surface area contributed by atoms with Crippen LogP contribution in [0.5, 0.6) is 0 Å². The molecule has 2 nitrogen and oxygen atoms in total. The summed E-state index contributed by atoms with van der Waals surface area (Å²) in [7, 11) is 2.10. The summed E-state index contributed by atoms with van der Waals surface area (Å²) < 4.78 is 0. The zero-order valence-corrected chi connectivity index (χ0v) is 13.9. The molecule has 116 valence electrons. The molecular weight excluding hydrogens is 256 g/mol. The van der Waals surface area contributed by atoms with Crippen molar-refractivity contribution < 1.29 is 0 Å². The van der Waals surface area contributed by atoms with Crippen molar-refractivity contribution in [2.75, 3.05) is 20.1 Å². The highest BCUT2D eigenvalue weighted by Gasteiger charge is 2.33. The Morgan fingerprint density at radius 1 is 1.10 bits per heavy atom. The molecular formula is C19H30N2. The molecule has 2 aliphatic rings. The van der Waals surface area contributed by atoms with Crippen LogP contribution in [0.1, 0.15) is 54.8 Å². The van der Waals surface area contributed by atoms with E-state index in [0.29, 0.717) is 6.04 Å². The van der Waals surface area contributed by atoms with Crippen LogP contribution in [-0.2, 0) is 0 Å². The van der Waals surface area contributed by atoms with Crippen molar-refractivity contribution in [3.05, 3.63) is 34.9 Å². The van der Waals surface area contributed by atoms with Gasteiger partial charge in [-0.15, -0.1) is 0 Å². The van der Waals surface area contributed by atoms with E-state index in [4.69, 9.17) is 0 Å². The van der Waals surface area contributed by atoms with Gasteiger partial charge in [0.05, 0.1) is 0 Å². The Labute approximate surface area is 129 Å². The molecule has 1 N–H and O–H groups in total. The predicted octanol–water partition coefficient (Wildman–Crippen LogP) is 3.83. The standard InChI is InChI=1S/C19H30N2/c1-14-10-15(2)12-17(11-14)19(20-3)8-9-21(18-6-7-18)13-16-4-5-16/h10-12,16,18-20H,4-9,13H2,1-3H3. The quantitative estimate of drug-likeness (QED) is 0.781. The number of hydrogen-bond acceptors (Lipinski definition) is 2. The van der Waals surface area contributed by atoms with Gasteiger partial charge >= 0.3 is 0 Å². The molecule has 2 fully saturated rings. The zero-order chi connectivity index (χ0) is 14.8. The minimum Gasteiger partial charge on any atom is -0.313 e. The lowest BCUT2D eigenvalue weighted by Gasteiger charge is -2.25. The van der Waals surface area contributed by atoms with Gasteiger partial charge in [-0.2, -0.15) is 0 Å². The largest absolute Gasteiger partial charge is 0.313 e. The predicted molar refractivity (Wildman–Crippen MR) is 89.7 cm³/mol. The fourth-order valence-corrected chi connectivity index (χ4v) is 3.48. The first-order valence-electron chi connectivity index (χ1n) is 8.65. The second kappa shape index (κ2) is 6.50. The summed E-state index contributed by atoms with van der Waals surface area (Å²) in [6, 6.07) is 8.35. The normalized spacial score (nSPS) is 20.0. The van der Waals surface area contributed by atoms with E-state index >= 15 is 0 Å². The lowest BCUT2D eigenvalue weighted by molar-refractivity contribution is 0.239. The van der Waals surface area contributed by atoms with Crippen LogP contribution in [0.15, 0.2) is 18.2 Å². The molecule has 0 aromatic heterocycles. The number of rotatable bonds is 8. The molecule has 1 aromatic rings. The first-order chi connectivity index (χ1) is 10.2. The van der Waals surface area contributed by atoms with Crippen molar-refractivity contribution in [2.24, 2.45) is 5.92 Å². The van der Waals surface area contributed by atoms with Gasteiger partial charge in [-0.25, -0.2) is 0 Å². The van der Waals surface area contributed by atoms with E-state index in [1.165, 1.54) is 61.9 Å². The Morgan fingerprint density at radius 2 is 1.76 bits per heavy atom. The summed E-state index contributed by atoms with van der Waals surface area (Å²) in [5.74, 6) is 1.01. The van der Waals surface area contributed by atoms with Gasteiger partial charge in [0.2, 0.25) is 0 Å².